The van der Waals surface area contributed by atoms with Gasteiger partial charge in [0.25, 0.3) is 0 Å². The van der Waals surface area contributed by atoms with Crippen LogP contribution in [-0.2, 0) is 14.8 Å². The van der Waals surface area contributed by atoms with Crippen molar-refractivity contribution in [1.82, 2.24) is 4.31 Å². The fourth-order valence-corrected chi connectivity index (χ4v) is 3.71. The van der Waals surface area contributed by atoms with Gasteiger partial charge in [0.2, 0.25) is 10.0 Å². The Bertz CT molecular complexity index is 311. The third kappa shape index (κ3) is 3.43. The van der Waals surface area contributed by atoms with Crippen LogP contribution >= 0.6 is 0 Å². The van der Waals surface area contributed by atoms with Crippen molar-refractivity contribution in [2.75, 3.05) is 18.8 Å². The SMILES string of the molecule is CCCS(=O)(=O)N1CC(C)OC(C)(C)C1. The number of ether oxygens (including phenoxy) is 1. The molecule has 0 spiro atoms. The van der Waals surface area contributed by atoms with Crippen molar-refractivity contribution in [1.29, 1.82) is 0 Å². The number of hydrogen-bond donors (Lipinski definition) is 0. The molecule has 5 heteroatoms. The van der Waals surface area contributed by atoms with Gasteiger partial charge in [-0.2, -0.15) is 4.31 Å². The molecule has 1 unspecified atom stereocenters. The van der Waals surface area contributed by atoms with Gasteiger partial charge in [0.05, 0.1) is 17.5 Å². The summed E-state index contributed by atoms with van der Waals surface area (Å²) in [7, 11) is -3.08. The topological polar surface area (TPSA) is 46.6 Å². The molecule has 0 radical (unpaired) electrons. The predicted octanol–water partition coefficient (Wildman–Crippen LogP) is 1.23. The minimum Gasteiger partial charge on any atom is -0.370 e. The molecule has 1 rings (SSSR count). The molecule has 0 N–H and O–H groups in total. The Morgan fingerprint density at radius 2 is 2.07 bits per heavy atom. The smallest absolute Gasteiger partial charge is 0.214 e. The quantitative estimate of drug-likeness (QED) is 0.739. The van der Waals surface area contributed by atoms with E-state index < -0.39 is 10.0 Å². The fraction of sp³-hybridized carbons (Fsp3) is 1.00. The second-order valence-corrected chi connectivity index (χ2v) is 6.89. The summed E-state index contributed by atoms with van der Waals surface area (Å²) in [6.45, 7) is 8.58. The standard InChI is InChI=1S/C10H21NO3S/c1-5-6-15(12,13)11-7-9(2)14-10(3,4)8-11/h9H,5-8H2,1-4H3. The molecule has 0 aromatic rings. The van der Waals surface area contributed by atoms with Gasteiger partial charge >= 0.3 is 0 Å². The second-order valence-electron chi connectivity index (χ2n) is 4.80. The Labute approximate surface area is 92.7 Å². The first-order valence-electron chi connectivity index (χ1n) is 5.42. The van der Waals surface area contributed by atoms with Crippen molar-refractivity contribution < 1.29 is 13.2 Å². The van der Waals surface area contributed by atoms with Crippen molar-refractivity contribution in [3.8, 4) is 0 Å². The summed E-state index contributed by atoms with van der Waals surface area (Å²) in [6, 6.07) is 0. The Balaban J connectivity index is 2.79. The molecule has 0 aromatic carbocycles. The van der Waals surface area contributed by atoms with Crippen molar-refractivity contribution >= 4 is 10.0 Å². The van der Waals surface area contributed by atoms with Crippen LogP contribution in [0.2, 0.25) is 0 Å². The molecule has 1 saturated heterocycles. The normalized spacial score (nSPS) is 27.9. The third-order valence-electron chi connectivity index (χ3n) is 2.39. The lowest BCUT2D eigenvalue weighted by atomic mass is 10.1. The predicted molar refractivity (Wildman–Crippen MR) is 60.3 cm³/mol. The van der Waals surface area contributed by atoms with Crippen LogP contribution in [-0.4, -0.2) is 43.3 Å². The summed E-state index contributed by atoms with van der Waals surface area (Å²) in [6.07, 6.45) is 0.634. The van der Waals surface area contributed by atoms with Crippen molar-refractivity contribution in [2.45, 2.75) is 45.8 Å². The van der Waals surface area contributed by atoms with Gasteiger partial charge < -0.3 is 4.74 Å². The van der Waals surface area contributed by atoms with Gasteiger partial charge in [-0.1, -0.05) is 6.92 Å². The molecule has 1 heterocycles. The van der Waals surface area contributed by atoms with E-state index in [1.165, 1.54) is 0 Å². The number of nitrogens with zero attached hydrogens (tertiary/aromatic N) is 1. The van der Waals surface area contributed by atoms with Crippen LogP contribution in [0, 0.1) is 0 Å². The summed E-state index contributed by atoms with van der Waals surface area (Å²) in [5.41, 5.74) is -0.377. The van der Waals surface area contributed by atoms with Crippen LogP contribution in [0.4, 0.5) is 0 Å². The summed E-state index contributed by atoms with van der Waals surface area (Å²) in [5.74, 6) is 0.232. The lowest BCUT2D eigenvalue weighted by molar-refractivity contribution is -0.109. The van der Waals surface area contributed by atoms with Gasteiger partial charge in [0.1, 0.15) is 0 Å². The average Bonchev–Trinajstić information content (AvgIpc) is 1.99. The van der Waals surface area contributed by atoms with E-state index in [1.807, 2.05) is 27.7 Å². The monoisotopic (exact) mass is 235 g/mol. The Morgan fingerprint density at radius 3 is 2.53 bits per heavy atom. The number of sulfonamides is 1. The van der Waals surface area contributed by atoms with Gasteiger partial charge in [-0.25, -0.2) is 8.42 Å². The number of hydrogen-bond acceptors (Lipinski definition) is 3. The molecule has 0 saturated carbocycles. The van der Waals surface area contributed by atoms with Gasteiger partial charge in [0.15, 0.2) is 0 Å². The van der Waals surface area contributed by atoms with E-state index in [1.54, 1.807) is 4.31 Å². The zero-order chi connectivity index (χ0) is 11.7. The van der Waals surface area contributed by atoms with E-state index in [0.717, 1.165) is 0 Å². The summed E-state index contributed by atoms with van der Waals surface area (Å²) >= 11 is 0. The van der Waals surface area contributed by atoms with Crippen LogP contribution in [0.5, 0.6) is 0 Å². The number of morpholine rings is 1. The van der Waals surface area contributed by atoms with Crippen molar-refractivity contribution in [3.05, 3.63) is 0 Å². The maximum atomic E-state index is 11.9. The fourth-order valence-electron chi connectivity index (χ4n) is 1.99. The highest BCUT2D eigenvalue weighted by atomic mass is 32.2. The number of rotatable bonds is 3. The molecular formula is C10H21NO3S. The molecule has 1 aliphatic rings. The van der Waals surface area contributed by atoms with Crippen LogP contribution < -0.4 is 0 Å². The molecule has 90 valence electrons. The first kappa shape index (κ1) is 12.9. The van der Waals surface area contributed by atoms with E-state index in [9.17, 15) is 8.42 Å². The van der Waals surface area contributed by atoms with Crippen LogP contribution in [0.15, 0.2) is 0 Å². The zero-order valence-corrected chi connectivity index (χ0v) is 10.8. The molecule has 0 amide bonds. The van der Waals surface area contributed by atoms with Gasteiger partial charge in [-0.05, 0) is 27.2 Å². The summed E-state index contributed by atoms with van der Waals surface area (Å²) in [4.78, 5) is 0. The molecule has 15 heavy (non-hydrogen) atoms. The molecule has 1 atom stereocenters. The van der Waals surface area contributed by atoms with Crippen molar-refractivity contribution in [3.63, 3.8) is 0 Å². The maximum absolute atomic E-state index is 11.9. The Kier molecular flexibility index (Phi) is 3.79. The van der Waals surface area contributed by atoms with Crippen LogP contribution in [0.3, 0.4) is 0 Å². The molecular weight excluding hydrogens is 214 g/mol. The molecule has 1 fully saturated rings. The van der Waals surface area contributed by atoms with E-state index in [2.05, 4.69) is 0 Å². The largest absolute Gasteiger partial charge is 0.370 e. The van der Waals surface area contributed by atoms with Crippen LogP contribution in [0.25, 0.3) is 0 Å². The molecule has 4 nitrogen and oxygen atoms in total. The van der Waals surface area contributed by atoms with E-state index in [-0.39, 0.29) is 17.5 Å². The second kappa shape index (κ2) is 4.39. The zero-order valence-electron chi connectivity index (χ0n) is 9.99. The van der Waals surface area contributed by atoms with Gasteiger partial charge in [-0.15, -0.1) is 0 Å². The van der Waals surface area contributed by atoms with E-state index >= 15 is 0 Å². The first-order chi connectivity index (χ1) is 6.77. The van der Waals surface area contributed by atoms with E-state index in [0.29, 0.717) is 19.5 Å². The highest BCUT2D eigenvalue weighted by molar-refractivity contribution is 7.89. The lowest BCUT2D eigenvalue weighted by Gasteiger charge is -2.40. The van der Waals surface area contributed by atoms with E-state index in [4.69, 9.17) is 4.74 Å². The Morgan fingerprint density at radius 1 is 1.47 bits per heavy atom. The van der Waals surface area contributed by atoms with Crippen LogP contribution in [0.1, 0.15) is 34.1 Å². The Hall–Kier alpha value is -0.130. The van der Waals surface area contributed by atoms with Crippen molar-refractivity contribution in [2.24, 2.45) is 0 Å². The minimum atomic E-state index is -3.08. The average molecular weight is 235 g/mol. The lowest BCUT2D eigenvalue weighted by Crippen LogP contribution is -2.54. The maximum Gasteiger partial charge on any atom is 0.214 e. The molecule has 0 bridgehead atoms. The van der Waals surface area contributed by atoms with Gasteiger partial charge in [0, 0.05) is 13.1 Å². The minimum absolute atomic E-state index is 0.0274. The molecule has 0 aromatic heterocycles. The summed E-state index contributed by atoms with van der Waals surface area (Å²) < 4.78 is 31.0. The van der Waals surface area contributed by atoms with Gasteiger partial charge in [-0.3, -0.25) is 0 Å². The highest BCUT2D eigenvalue weighted by Gasteiger charge is 2.36. The molecule has 1 aliphatic heterocycles. The third-order valence-corrected chi connectivity index (χ3v) is 4.38. The first-order valence-corrected chi connectivity index (χ1v) is 7.03. The molecule has 0 aliphatic carbocycles. The summed E-state index contributed by atoms with van der Waals surface area (Å²) in [5, 5.41) is 0. The highest BCUT2D eigenvalue weighted by Crippen LogP contribution is 2.23.